The van der Waals surface area contributed by atoms with E-state index >= 15 is 0 Å². The Labute approximate surface area is 105 Å². The zero-order chi connectivity index (χ0) is 12.8. The lowest BCUT2D eigenvalue weighted by Crippen LogP contribution is -2.17. The van der Waals surface area contributed by atoms with Gasteiger partial charge in [0.15, 0.2) is 5.65 Å². The van der Waals surface area contributed by atoms with Crippen LogP contribution in [0.2, 0.25) is 0 Å². The number of tetrazole rings is 1. The van der Waals surface area contributed by atoms with Crippen molar-refractivity contribution in [3.8, 4) is 0 Å². The second-order valence-electron chi connectivity index (χ2n) is 4.29. The molecule has 0 spiro atoms. The number of nitrogens with one attached hydrogen (secondary N) is 1. The topological polar surface area (TPSA) is 88.2 Å². The number of nitrogens with zero attached hydrogens (tertiary/aromatic N) is 5. The maximum absolute atomic E-state index is 9.00. The summed E-state index contributed by atoms with van der Waals surface area (Å²) in [5.41, 5.74) is 0.626. The third-order valence-electron chi connectivity index (χ3n) is 2.88. The SMILES string of the molecule is CCCC(CCO)CNc1ccc2nnnn2n1. The van der Waals surface area contributed by atoms with Crippen LogP contribution in [0.4, 0.5) is 5.82 Å². The molecule has 7 nitrogen and oxygen atoms in total. The molecule has 2 aromatic rings. The maximum atomic E-state index is 9.00. The molecule has 0 amide bonds. The summed E-state index contributed by atoms with van der Waals surface area (Å²) >= 11 is 0. The first-order chi connectivity index (χ1) is 8.83. The number of anilines is 1. The minimum atomic E-state index is 0.228. The van der Waals surface area contributed by atoms with Gasteiger partial charge in [0.1, 0.15) is 5.82 Å². The van der Waals surface area contributed by atoms with Crippen LogP contribution in [0.3, 0.4) is 0 Å². The summed E-state index contributed by atoms with van der Waals surface area (Å²) in [6.45, 7) is 3.18. The lowest BCUT2D eigenvalue weighted by atomic mass is 10.0. The molecule has 2 aromatic heterocycles. The molecule has 0 fully saturated rings. The van der Waals surface area contributed by atoms with Crippen LogP contribution in [-0.4, -0.2) is 43.5 Å². The van der Waals surface area contributed by atoms with Crippen LogP contribution in [0.1, 0.15) is 26.2 Å². The van der Waals surface area contributed by atoms with Crippen molar-refractivity contribution in [2.75, 3.05) is 18.5 Å². The van der Waals surface area contributed by atoms with E-state index in [1.165, 1.54) is 4.63 Å². The van der Waals surface area contributed by atoms with E-state index in [2.05, 4.69) is 32.9 Å². The average Bonchev–Trinajstić information content (AvgIpc) is 2.84. The molecule has 98 valence electrons. The van der Waals surface area contributed by atoms with Gasteiger partial charge in [0.05, 0.1) is 0 Å². The lowest BCUT2D eigenvalue weighted by molar-refractivity contribution is 0.255. The van der Waals surface area contributed by atoms with Gasteiger partial charge in [0.25, 0.3) is 0 Å². The monoisotopic (exact) mass is 250 g/mol. The molecule has 2 N–H and O–H groups in total. The molecule has 0 saturated heterocycles. The van der Waals surface area contributed by atoms with Crippen molar-refractivity contribution in [2.24, 2.45) is 5.92 Å². The van der Waals surface area contributed by atoms with Gasteiger partial charge >= 0.3 is 0 Å². The summed E-state index contributed by atoms with van der Waals surface area (Å²) in [4.78, 5) is 0. The summed E-state index contributed by atoms with van der Waals surface area (Å²) in [5, 5.41) is 27.6. The second kappa shape index (κ2) is 6.25. The van der Waals surface area contributed by atoms with Gasteiger partial charge in [0.2, 0.25) is 0 Å². The number of fused-ring (bicyclic) bond motifs is 1. The summed E-state index contributed by atoms with van der Waals surface area (Å²) < 4.78 is 1.39. The normalized spacial score (nSPS) is 12.8. The largest absolute Gasteiger partial charge is 0.396 e. The molecule has 0 saturated carbocycles. The molecule has 18 heavy (non-hydrogen) atoms. The molecule has 0 bridgehead atoms. The van der Waals surface area contributed by atoms with Crippen molar-refractivity contribution in [1.29, 1.82) is 0 Å². The highest BCUT2D eigenvalue weighted by Crippen LogP contribution is 2.12. The first-order valence-electron chi connectivity index (χ1n) is 6.23. The number of aliphatic hydroxyl groups excluding tert-OH is 1. The highest BCUT2D eigenvalue weighted by molar-refractivity contribution is 5.41. The minimum absolute atomic E-state index is 0.228. The standard InChI is InChI=1S/C11H18N6O/c1-2-3-9(6-7-18)8-12-10-4-5-11-13-15-16-17(11)14-10/h4-5,9,18H,2-3,6-8H2,1H3,(H,12,14). The lowest BCUT2D eigenvalue weighted by Gasteiger charge is -2.15. The fourth-order valence-electron chi connectivity index (χ4n) is 1.93. The van der Waals surface area contributed by atoms with E-state index in [4.69, 9.17) is 5.11 Å². The molecule has 0 aliphatic rings. The van der Waals surface area contributed by atoms with E-state index < -0.39 is 0 Å². The molecule has 0 radical (unpaired) electrons. The molecule has 1 atom stereocenters. The van der Waals surface area contributed by atoms with Crippen LogP contribution >= 0.6 is 0 Å². The zero-order valence-electron chi connectivity index (χ0n) is 10.5. The van der Waals surface area contributed by atoms with Crippen molar-refractivity contribution in [3.63, 3.8) is 0 Å². The highest BCUT2D eigenvalue weighted by atomic mass is 16.3. The van der Waals surface area contributed by atoms with Crippen molar-refractivity contribution < 1.29 is 5.11 Å². The first-order valence-corrected chi connectivity index (χ1v) is 6.23. The maximum Gasteiger partial charge on any atom is 0.200 e. The highest BCUT2D eigenvalue weighted by Gasteiger charge is 2.08. The Balaban J connectivity index is 1.95. The Hall–Kier alpha value is -1.76. The van der Waals surface area contributed by atoms with Gasteiger partial charge in [-0.15, -0.1) is 14.8 Å². The first kappa shape index (κ1) is 12.7. The van der Waals surface area contributed by atoms with Gasteiger partial charge in [-0.3, -0.25) is 0 Å². The fourth-order valence-corrected chi connectivity index (χ4v) is 1.93. The molecular formula is C11H18N6O. The number of aliphatic hydroxyl groups is 1. The van der Waals surface area contributed by atoms with Gasteiger partial charge < -0.3 is 10.4 Å². The Bertz CT molecular complexity index is 479. The van der Waals surface area contributed by atoms with E-state index in [1.807, 2.05) is 12.1 Å². The Morgan fingerprint density at radius 2 is 2.28 bits per heavy atom. The predicted molar refractivity (Wildman–Crippen MR) is 67.2 cm³/mol. The number of hydrogen-bond acceptors (Lipinski definition) is 6. The molecular weight excluding hydrogens is 232 g/mol. The van der Waals surface area contributed by atoms with E-state index in [0.29, 0.717) is 11.6 Å². The summed E-state index contributed by atoms with van der Waals surface area (Å²) in [6, 6.07) is 3.67. The van der Waals surface area contributed by atoms with E-state index in [9.17, 15) is 0 Å². The van der Waals surface area contributed by atoms with E-state index in [0.717, 1.165) is 31.6 Å². The van der Waals surface area contributed by atoms with Crippen LogP contribution in [0, 0.1) is 5.92 Å². The van der Waals surface area contributed by atoms with Crippen LogP contribution in [0.15, 0.2) is 12.1 Å². The van der Waals surface area contributed by atoms with Crippen molar-refractivity contribution in [3.05, 3.63) is 12.1 Å². The smallest absolute Gasteiger partial charge is 0.200 e. The van der Waals surface area contributed by atoms with Gasteiger partial charge in [-0.2, -0.15) is 0 Å². The second-order valence-corrected chi connectivity index (χ2v) is 4.29. The van der Waals surface area contributed by atoms with Crippen LogP contribution in [0.25, 0.3) is 5.65 Å². The van der Waals surface area contributed by atoms with E-state index in [-0.39, 0.29) is 6.61 Å². The van der Waals surface area contributed by atoms with Crippen molar-refractivity contribution in [1.82, 2.24) is 25.3 Å². The van der Waals surface area contributed by atoms with Gasteiger partial charge in [-0.25, -0.2) is 0 Å². The molecule has 2 rings (SSSR count). The Morgan fingerprint density at radius 1 is 1.39 bits per heavy atom. The average molecular weight is 250 g/mol. The fraction of sp³-hybridized carbons (Fsp3) is 0.636. The number of hydrogen-bond donors (Lipinski definition) is 2. The minimum Gasteiger partial charge on any atom is -0.396 e. The van der Waals surface area contributed by atoms with Gasteiger partial charge in [-0.1, -0.05) is 13.3 Å². The summed E-state index contributed by atoms with van der Waals surface area (Å²) in [6.07, 6.45) is 3.03. The van der Waals surface area contributed by atoms with E-state index in [1.54, 1.807) is 0 Å². The molecule has 2 heterocycles. The summed E-state index contributed by atoms with van der Waals surface area (Å²) in [7, 11) is 0. The Kier molecular flexibility index (Phi) is 4.40. The molecule has 1 unspecified atom stereocenters. The van der Waals surface area contributed by atoms with Gasteiger partial charge in [-0.05, 0) is 41.3 Å². The van der Waals surface area contributed by atoms with Crippen LogP contribution in [0.5, 0.6) is 0 Å². The predicted octanol–water partition coefficient (Wildman–Crippen LogP) is 0.730. The summed E-state index contributed by atoms with van der Waals surface area (Å²) in [5.74, 6) is 1.21. The van der Waals surface area contributed by atoms with Crippen molar-refractivity contribution >= 4 is 11.5 Å². The molecule has 7 heteroatoms. The third-order valence-corrected chi connectivity index (χ3v) is 2.88. The van der Waals surface area contributed by atoms with Crippen molar-refractivity contribution in [2.45, 2.75) is 26.2 Å². The van der Waals surface area contributed by atoms with Crippen LogP contribution in [-0.2, 0) is 0 Å². The number of aromatic nitrogens is 5. The van der Waals surface area contributed by atoms with Crippen LogP contribution < -0.4 is 5.32 Å². The number of rotatable bonds is 7. The van der Waals surface area contributed by atoms with Gasteiger partial charge in [0, 0.05) is 13.2 Å². The Morgan fingerprint density at radius 3 is 3.06 bits per heavy atom. The molecule has 0 aromatic carbocycles. The molecule has 0 aliphatic carbocycles. The quantitative estimate of drug-likeness (QED) is 0.753. The third kappa shape index (κ3) is 3.13. The zero-order valence-corrected chi connectivity index (χ0v) is 10.5. The molecule has 0 aliphatic heterocycles.